The Labute approximate surface area is 319 Å². The van der Waals surface area contributed by atoms with Crippen LogP contribution in [0.4, 0.5) is 5.69 Å². The highest BCUT2D eigenvalue weighted by atomic mass is 16.7. The van der Waals surface area contributed by atoms with E-state index >= 15 is 0 Å². The Hall–Kier alpha value is -4.80. The molecule has 5 rings (SSSR count). The van der Waals surface area contributed by atoms with Gasteiger partial charge in [-0.05, 0) is 46.3 Å². The normalized spacial score (nSPS) is 30.8. The van der Waals surface area contributed by atoms with Crippen LogP contribution in [-0.2, 0) is 28.6 Å². The molecule has 0 fully saturated rings. The lowest BCUT2D eigenvalue weighted by molar-refractivity contribution is -0.168. The first-order chi connectivity index (χ1) is 25.6. The third-order valence-electron chi connectivity index (χ3n) is 10.6. The van der Waals surface area contributed by atoms with E-state index in [0.717, 1.165) is 14.0 Å². The monoisotopic (exact) mass is 769 g/mol. The number of nitrogens with one attached hydrogen (secondary N) is 1. The Balaban J connectivity index is 2.07. The molecular weight excluding hydrogens is 718 g/mol. The molecule has 3 aliphatic heterocycles. The molecule has 300 valence electrons. The number of amides is 1. The highest BCUT2D eigenvalue weighted by Crippen LogP contribution is 2.53. The summed E-state index contributed by atoms with van der Waals surface area (Å²) in [5, 5.41) is 71.8. The van der Waals surface area contributed by atoms with Gasteiger partial charge in [0.05, 0.1) is 48.3 Å². The number of carbonyl (C=O) groups excluding carboxylic acids is 4. The predicted molar refractivity (Wildman–Crippen MR) is 198 cm³/mol. The number of Topliss-reactive ketones (excluding diaryl/α,β-unsaturated/α-hetero) is 1. The van der Waals surface area contributed by atoms with E-state index < -0.39 is 89.9 Å². The highest BCUT2D eigenvalue weighted by molar-refractivity contribution is 6.21. The van der Waals surface area contributed by atoms with Crippen molar-refractivity contribution in [3.8, 4) is 11.5 Å². The number of anilines is 1. The number of phenolic OH excluding ortho intramolecular Hbond substituents is 1. The number of benzene rings is 1. The van der Waals surface area contributed by atoms with Crippen LogP contribution in [0.1, 0.15) is 76.9 Å². The molecule has 15 heteroatoms. The number of fused-ring (bicyclic) bond motifs is 14. The number of aliphatic hydroxyl groups excluding tert-OH is 4. The zero-order valence-electron chi connectivity index (χ0n) is 32.6. The molecule has 4 aliphatic rings. The first-order valence-electron chi connectivity index (χ1n) is 17.8. The predicted octanol–water partition coefficient (Wildman–Crippen LogP) is 3.10. The van der Waals surface area contributed by atoms with Gasteiger partial charge in [-0.25, -0.2) is 0 Å². The van der Waals surface area contributed by atoms with Gasteiger partial charge < -0.3 is 54.9 Å². The first kappa shape index (κ1) is 42.9. The van der Waals surface area contributed by atoms with Crippen LogP contribution in [0.25, 0.3) is 5.57 Å². The smallest absolute Gasteiger partial charge is 0.313 e. The molecule has 1 amide bonds. The van der Waals surface area contributed by atoms with Gasteiger partial charge in [0.2, 0.25) is 6.79 Å². The van der Waals surface area contributed by atoms with Crippen LogP contribution in [0, 0.1) is 30.6 Å². The number of allylic oxidation sites excluding steroid dienone is 5. The Morgan fingerprint density at radius 2 is 1.51 bits per heavy atom. The third kappa shape index (κ3) is 8.12. The number of rotatable bonds is 2. The van der Waals surface area contributed by atoms with Gasteiger partial charge in [-0.3, -0.25) is 19.2 Å². The summed E-state index contributed by atoms with van der Waals surface area (Å²) in [7, 11) is 1.06. The van der Waals surface area contributed by atoms with Gasteiger partial charge in [0, 0.05) is 47.0 Å². The summed E-state index contributed by atoms with van der Waals surface area (Å²) < 4.78 is 22.3. The SMILES string of the molecule is COC(=O)[C@@H]1[C@H](O)[C@H](C)[C@H](O)[C@H](C)C=CC=C(C)C(=O)Nc2c(C)c(OC(C)=O)c3c(c2O)C(=O)C(C)=C2OCOC(=C23)C(C)=C[C@](C)(O)[C@H](O)[C@@H](C)[C@@H]1O. The van der Waals surface area contributed by atoms with E-state index in [2.05, 4.69) is 5.32 Å². The molecule has 1 aromatic carbocycles. The average Bonchev–Trinajstić information content (AvgIpc) is 3.13. The van der Waals surface area contributed by atoms with E-state index in [1.165, 1.54) is 66.7 Å². The van der Waals surface area contributed by atoms with Crippen LogP contribution in [0.2, 0.25) is 0 Å². The van der Waals surface area contributed by atoms with Crippen molar-refractivity contribution in [2.75, 3.05) is 19.2 Å². The van der Waals surface area contributed by atoms with E-state index in [1.54, 1.807) is 13.0 Å². The van der Waals surface area contributed by atoms with Crippen LogP contribution >= 0.6 is 0 Å². The molecule has 0 spiro atoms. The molecule has 1 aliphatic carbocycles. The molecule has 0 saturated carbocycles. The summed E-state index contributed by atoms with van der Waals surface area (Å²) in [6, 6.07) is 0. The molecule has 4 bridgehead atoms. The number of carbonyl (C=O) groups is 4. The Morgan fingerprint density at radius 1 is 0.909 bits per heavy atom. The molecule has 7 N–H and O–H groups in total. The molecule has 0 unspecified atom stereocenters. The third-order valence-corrected chi connectivity index (χ3v) is 10.6. The summed E-state index contributed by atoms with van der Waals surface area (Å²) in [6.07, 6.45) is -0.878. The van der Waals surface area contributed by atoms with Gasteiger partial charge in [0.25, 0.3) is 5.91 Å². The summed E-state index contributed by atoms with van der Waals surface area (Å²) in [5.41, 5.74) is -2.34. The van der Waals surface area contributed by atoms with E-state index in [1.807, 2.05) is 0 Å². The minimum absolute atomic E-state index is 0.00256. The van der Waals surface area contributed by atoms with Crippen molar-refractivity contribution in [3.63, 3.8) is 0 Å². The van der Waals surface area contributed by atoms with Gasteiger partial charge in [0.1, 0.15) is 28.8 Å². The number of hydrogen-bond donors (Lipinski definition) is 7. The zero-order valence-corrected chi connectivity index (χ0v) is 32.6. The molecular formula is C40H51NO14. The standard InChI is InChI=1S/C40H51NO14/c1-16-12-11-13-17(2)38(49)41-28-19(4)36(55-23(8)42)24-25(33(28)47)31(45)21(6)35-26(24)34(53-15-54-35)18(3)14-40(9,51)37(48)22(7)32(46)27(39(50)52-10)30(44)20(5)29(16)43/h11-14,16,20,22,27,29-30,32,37,43-44,46-48,51H,15H2,1-10H3,(H,41,49)/t16-,20-,22+,27-,29-,30-,32+,37-,40+/m1/s1. The molecule has 15 nitrogen and oxygen atoms in total. The van der Waals surface area contributed by atoms with Crippen molar-refractivity contribution < 1.29 is 68.8 Å². The number of hydrogen-bond acceptors (Lipinski definition) is 14. The van der Waals surface area contributed by atoms with E-state index in [-0.39, 0.29) is 61.9 Å². The van der Waals surface area contributed by atoms with Crippen LogP contribution in [0.3, 0.4) is 0 Å². The topological polar surface area (TPSA) is 239 Å². The lowest BCUT2D eigenvalue weighted by atomic mass is 9.75. The number of esters is 2. The van der Waals surface area contributed by atoms with Gasteiger partial charge in [-0.15, -0.1) is 0 Å². The van der Waals surface area contributed by atoms with E-state index in [4.69, 9.17) is 18.9 Å². The van der Waals surface area contributed by atoms with Crippen LogP contribution in [-0.4, -0.2) is 98.2 Å². The summed E-state index contributed by atoms with van der Waals surface area (Å²) in [4.78, 5) is 53.0. The summed E-state index contributed by atoms with van der Waals surface area (Å²) in [6.45, 7) is 12.3. The van der Waals surface area contributed by atoms with Crippen LogP contribution in [0.5, 0.6) is 11.5 Å². The number of ether oxygens (including phenoxy) is 4. The van der Waals surface area contributed by atoms with Crippen molar-refractivity contribution in [2.45, 2.75) is 92.3 Å². The molecule has 9 atom stereocenters. The van der Waals surface area contributed by atoms with E-state index in [0.29, 0.717) is 0 Å². The van der Waals surface area contributed by atoms with Crippen molar-refractivity contribution in [2.24, 2.45) is 23.7 Å². The minimum Gasteiger partial charge on any atom is -0.505 e. The zero-order chi connectivity index (χ0) is 41.4. The van der Waals surface area contributed by atoms with Gasteiger partial charge in [-0.1, -0.05) is 39.0 Å². The molecule has 0 aromatic heterocycles. The van der Waals surface area contributed by atoms with Crippen molar-refractivity contribution in [1.29, 1.82) is 0 Å². The van der Waals surface area contributed by atoms with Crippen molar-refractivity contribution in [1.82, 2.24) is 0 Å². The number of aliphatic hydroxyl groups is 5. The average molecular weight is 770 g/mol. The maximum Gasteiger partial charge on any atom is 0.313 e. The summed E-state index contributed by atoms with van der Waals surface area (Å²) in [5.74, 6) is -8.68. The van der Waals surface area contributed by atoms with Gasteiger partial charge >= 0.3 is 11.9 Å². The van der Waals surface area contributed by atoms with Crippen molar-refractivity contribution in [3.05, 3.63) is 69.2 Å². The fraction of sp³-hybridized carbons (Fsp3) is 0.500. The molecule has 55 heavy (non-hydrogen) atoms. The maximum absolute atomic E-state index is 14.0. The number of methoxy groups -OCH3 is 1. The second-order valence-electron chi connectivity index (χ2n) is 14.7. The molecule has 0 radical (unpaired) electrons. The fourth-order valence-corrected chi connectivity index (χ4v) is 7.28. The Bertz CT molecular complexity index is 1920. The van der Waals surface area contributed by atoms with Crippen LogP contribution in [0.15, 0.2) is 52.5 Å². The number of aromatic hydroxyl groups is 1. The maximum atomic E-state index is 14.0. The largest absolute Gasteiger partial charge is 0.505 e. The molecule has 1 aromatic rings. The number of phenols is 1. The highest BCUT2D eigenvalue weighted by Gasteiger charge is 2.47. The first-order valence-corrected chi connectivity index (χ1v) is 17.8. The van der Waals surface area contributed by atoms with Crippen LogP contribution < -0.4 is 10.1 Å². The second-order valence-corrected chi connectivity index (χ2v) is 14.7. The molecule has 0 saturated heterocycles. The molecule has 3 heterocycles. The lowest BCUT2D eigenvalue weighted by Crippen LogP contribution is -2.53. The van der Waals surface area contributed by atoms with Crippen molar-refractivity contribution >= 4 is 34.9 Å². The lowest BCUT2D eigenvalue weighted by Gasteiger charge is -2.39. The van der Waals surface area contributed by atoms with Gasteiger partial charge in [-0.2, -0.15) is 0 Å². The number of ketones is 1. The summed E-state index contributed by atoms with van der Waals surface area (Å²) >= 11 is 0. The fourth-order valence-electron chi connectivity index (χ4n) is 7.28. The van der Waals surface area contributed by atoms with E-state index in [9.17, 15) is 49.8 Å². The Morgan fingerprint density at radius 3 is 2.11 bits per heavy atom. The quantitative estimate of drug-likeness (QED) is 0.130. The minimum atomic E-state index is -2.17. The second kappa shape index (κ2) is 16.5. The Kier molecular flexibility index (Phi) is 12.9. The van der Waals surface area contributed by atoms with Gasteiger partial charge in [0.15, 0.2) is 11.5 Å².